The van der Waals surface area contributed by atoms with Gasteiger partial charge in [0.05, 0.1) is 0 Å². The standard InChI is InChI=1S/C10H11N3O2/c1-2-5-13-9(14)6-15-7-3-4-8(11)12-10(7)13/h2-4H,1,5-6H2,(H2,11,12). The van der Waals surface area contributed by atoms with E-state index in [0.717, 1.165) is 0 Å². The summed E-state index contributed by atoms with van der Waals surface area (Å²) in [6.07, 6.45) is 1.64. The number of rotatable bonds is 2. The summed E-state index contributed by atoms with van der Waals surface area (Å²) in [5.41, 5.74) is 5.56. The summed E-state index contributed by atoms with van der Waals surface area (Å²) < 4.78 is 5.22. The average Bonchev–Trinajstić information content (AvgIpc) is 2.23. The summed E-state index contributed by atoms with van der Waals surface area (Å²) in [6, 6.07) is 3.35. The van der Waals surface area contributed by atoms with E-state index in [1.165, 1.54) is 4.90 Å². The molecule has 2 N–H and O–H groups in total. The smallest absolute Gasteiger partial charge is 0.266 e. The van der Waals surface area contributed by atoms with Crippen LogP contribution in [0.4, 0.5) is 11.6 Å². The van der Waals surface area contributed by atoms with Crippen LogP contribution in [0.5, 0.6) is 5.75 Å². The number of nitrogen functional groups attached to an aromatic ring is 1. The van der Waals surface area contributed by atoms with Crippen LogP contribution in [0.2, 0.25) is 0 Å². The zero-order chi connectivity index (χ0) is 10.8. The molecule has 0 aromatic carbocycles. The Morgan fingerprint density at radius 3 is 3.20 bits per heavy atom. The first-order chi connectivity index (χ1) is 7.22. The molecule has 1 aromatic rings. The molecular weight excluding hydrogens is 194 g/mol. The van der Waals surface area contributed by atoms with E-state index in [1.807, 2.05) is 0 Å². The van der Waals surface area contributed by atoms with Gasteiger partial charge in [-0.05, 0) is 12.1 Å². The highest BCUT2D eigenvalue weighted by atomic mass is 16.5. The number of aromatic nitrogens is 1. The Bertz CT molecular complexity index is 417. The summed E-state index contributed by atoms with van der Waals surface area (Å²) in [5, 5.41) is 0. The molecule has 0 saturated heterocycles. The van der Waals surface area contributed by atoms with Gasteiger partial charge in [0.1, 0.15) is 5.82 Å². The first-order valence-corrected chi connectivity index (χ1v) is 4.53. The second-order valence-electron chi connectivity index (χ2n) is 3.14. The molecule has 1 aliphatic rings. The van der Waals surface area contributed by atoms with E-state index in [-0.39, 0.29) is 12.5 Å². The number of carbonyl (C=O) groups excluding carboxylic acids is 1. The molecular formula is C10H11N3O2. The lowest BCUT2D eigenvalue weighted by molar-refractivity contribution is -0.121. The lowest BCUT2D eigenvalue weighted by atomic mass is 10.3. The molecule has 0 spiro atoms. The maximum Gasteiger partial charge on any atom is 0.266 e. The monoisotopic (exact) mass is 205 g/mol. The highest BCUT2D eigenvalue weighted by molar-refractivity contribution is 5.97. The number of nitrogens with two attached hydrogens (primary N) is 1. The fraction of sp³-hybridized carbons (Fsp3) is 0.200. The molecule has 5 heteroatoms. The van der Waals surface area contributed by atoms with E-state index in [0.29, 0.717) is 23.9 Å². The van der Waals surface area contributed by atoms with Crippen molar-refractivity contribution in [3.05, 3.63) is 24.8 Å². The zero-order valence-corrected chi connectivity index (χ0v) is 8.14. The topological polar surface area (TPSA) is 68.5 Å². The van der Waals surface area contributed by atoms with Gasteiger partial charge < -0.3 is 10.5 Å². The molecule has 0 unspecified atom stereocenters. The molecule has 0 saturated carbocycles. The molecule has 1 aliphatic heterocycles. The Morgan fingerprint density at radius 1 is 1.67 bits per heavy atom. The van der Waals surface area contributed by atoms with Gasteiger partial charge in [-0.15, -0.1) is 6.58 Å². The van der Waals surface area contributed by atoms with Gasteiger partial charge >= 0.3 is 0 Å². The highest BCUT2D eigenvalue weighted by Gasteiger charge is 2.25. The quantitative estimate of drug-likeness (QED) is 0.717. The van der Waals surface area contributed by atoms with Crippen molar-refractivity contribution in [2.24, 2.45) is 0 Å². The van der Waals surface area contributed by atoms with Gasteiger partial charge in [0.25, 0.3) is 5.91 Å². The Balaban J connectivity index is 2.45. The van der Waals surface area contributed by atoms with Gasteiger partial charge in [-0.25, -0.2) is 4.98 Å². The molecule has 0 bridgehead atoms. The Morgan fingerprint density at radius 2 is 2.47 bits per heavy atom. The number of hydrogen-bond donors (Lipinski definition) is 1. The molecule has 2 rings (SSSR count). The summed E-state index contributed by atoms with van der Waals surface area (Å²) in [7, 11) is 0. The van der Waals surface area contributed by atoms with Crippen LogP contribution < -0.4 is 15.4 Å². The van der Waals surface area contributed by atoms with Crippen LogP contribution >= 0.6 is 0 Å². The maximum absolute atomic E-state index is 11.5. The van der Waals surface area contributed by atoms with Gasteiger partial charge in [0.15, 0.2) is 18.2 Å². The van der Waals surface area contributed by atoms with E-state index < -0.39 is 0 Å². The van der Waals surface area contributed by atoms with E-state index in [4.69, 9.17) is 10.5 Å². The maximum atomic E-state index is 11.5. The largest absolute Gasteiger partial charge is 0.480 e. The average molecular weight is 205 g/mol. The minimum Gasteiger partial charge on any atom is -0.480 e. The van der Waals surface area contributed by atoms with Crippen molar-refractivity contribution in [2.45, 2.75) is 0 Å². The van der Waals surface area contributed by atoms with Crippen LogP contribution in [0.3, 0.4) is 0 Å². The van der Waals surface area contributed by atoms with Crippen LogP contribution in [0, 0.1) is 0 Å². The zero-order valence-electron chi connectivity index (χ0n) is 8.14. The molecule has 2 heterocycles. The SMILES string of the molecule is C=CCN1C(=O)COc2ccc(N)nc21. The lowest BCUT2D eigenvalue weighted by Gasteiger charge is -2.27. The predicted molar refractivity (Wildman–Crippen MR) is 56.7 cm³/mol. The molecule has 0 atom stereocenters. The molecule has 0 fully saturated rings. The fourth-order valence-corrected chi connectivity index (χ4v) is 1.41. The van der Waals surface area contributed by atoms with Crippen molar-refractivity contribution in [1.29, 1.82) is 0 Å². The first-order valence-electron chi connectivity index (χ1n) is 4.53. The van der Waals surface area contributed by atoms with Crippen LogP contribution in [0.1, 0.15) is 0 Å². The molecule has 1 aromatic heterocycles. The van der Waals surface area contributed by atoms with E-state index in [9.17, 15) is 4.79 Å². The number of carbonyl (C=O) groups is 1. The van der Waals surface area contributed by atoms with Gasteiger partial charge in [-0.1, -0.05) is 6.08 Å². The highest BCUT2D eigenvalue weighted by Crippen LogP contribution is 2.30. The molecule has 0 radical (unpaired) electrons. The third-order valence-electron chi connectivity index (χ3n) is 2.08. The number of fused-ring (bicyclic) bond motifs is 1. The van der Waals surface area contributed by atoms with Crippen molar-refractivity contribution in [1.82, 2.24) is 4.98 Å². The fourth-order valence-electron chi connectivity index (χ4n) is 1.41. The van der Waals surface area contributed by atoms with Crippen LogP contribution in [-0.2, 0) is 4.79 Å². The molecule has 0 aliphatic carbocycles. The lowest BCUT2D eigenvalue weighted by Crippen LogP contribution is -2.39. The van der Waals surface area contributed by atoms with Crippen molar-refractivity contribution >= 4 is 17.5 Å². The van der Waals surface area contributed by atoms with Gasteiger partial charge in [-0.3, -0.25) is 9.69 Å². The van der Waals surface area contributed by atoms with E-state index >= 15 is 0 Å². The molecule has 1 amide bonds. The molecule has 5 nitrogen and oxygen atoms in total. The summed E-state index contributed by atoms with van der Waals surface area (Å²) in [5.74, 6) is 1.26. The van der Waals surface area contributed by atoms with E-state index in [1.54, 1.807) is 18.2 Å². The minimum atomic E-state index is -0.138. The number of nitrogens with zero attached hydrogens (tertiary/aromatic N) is 2. The third-order valence-corrected chi connectivity index (χ3v) is 2.08. The summed E-state index contributed by atoms with van der Waals surface area (Å²) in [4.78, 5) is 17.1. The molecule has 78 valence electrons. The second kappa shape index (κ2) is 3.61. The van der Waals surface area contributed by atoms with Crippen molar-refractivity contribution in [2.75, 3.05) is 23.8 Å². The van der Waals surface area contributed by atoms with Crippen molar-refractivity contribution in [3.63, 3.8) is 0 Å². The first kappa shape index (κ1) is 9.51. The normalized spacial score (nSPS) is 14.4. The van der Waals surface area contributed by atoms with E-state index in [2.05, 4.69) is 11.6 Å². The van der Waals surface area contributed by atoms with Crippen LogP contribution in [0.25, 0.3) is 0 Å². The summed E-state index contributed by atoms with van der Waals surface area (Å²) >= 11 is 0. The van der Waals surface area contributed by atoms with Crippen molar-refractivity contribution < 1.29 is 9.53 Å². The second-order valence-corrected chi connectivity index (χ2v) is 3.14. The van der Waals surface area contributed by atoms with Crippen LogP contribution in [-0.4, -0.2) is 24.0 Å². The summed E-state index contributed by atoms with van der Waals surface area (Å²) in [6.45, 7) is 4.03. The number of pyridine rings is 1. The predicted octanol–water partition coefficient (Wildman–Crippen LogP) is 0.575. The van der Waals surface area contributed by atoms with Gasteiger partial charge in [0, 0.05) is 6.54 Å². The number of amides is 1. The number of hydrogen-bond acceptors (Lipinski definition) is 4. The van der Waals surface area contributed by atoms with Crippen molar-refractivity contribution in [3.8, 4) is 5.75 Å². The minimum absolute atomic E-state index is 0.0342. The van der Waals surface area contributed by atoms with Crippen LogP contribution in [0.15, 0.2) is 24.8 Å². The number of anilines is 2. The van der Waals surface area contributed by atoms with Gasteiger partial charge in [0.2, 0.25) is 0 Å². The Labute approximate surface area is 87.2 Å². The molecule has 15 heavy (non-hydrogen) atoms. The Kier molecular flexibility index (Phi) is 2.29. The Hall–Kier alpha value is -2.04. The number of ether oxygens (including phenoxy) is 1. The third kappa shape index (κ3) is 1.63. The van der Waals surface area contributed by atoms with Gasteiger partial charge in [-0.2, -0.15) is 0 Å².